The predicted molar refractivity (Wildman–Crippen MR) is 46.9 cm³/mol. The van der Waals surface area contributed by atoms with Gasteiger partial charge in [0.05, 0.1) is 6.04 Å². The summed E-state index contributed by atoms with van der Waals surface area (Å²) in [7, 11) is 0. The van der Waals surface area contributed by atoms with Crippen molar-refractivity contribution in [3.8, 4) is 0 Å². The zero-order valence-corrected chi connectivity index (χ0v) is 7.49. The maximum Gasteiger partial charge on any atom is 0.320 e. The van der Waals surface area contributed by atoms with Gasteiger partial charge >= 0.3 is 5.97 Å². The highest BCUT2D eigenvalue weighted by atomic mass is 16.4. The van der Waals surface area contributed by atoms with Crippen LogP contribution < -0.4 is 16.8 Å². The number of likely N-dealkylation sites (N-methyl/N-ethyl adjacent to an activating group) is 1. The lowest BCUT2D eigenvalue weighted by molar-refractivity contribution is -0.139. The Hall–Kier alpha value is -1.14. The van der Waals surface area contributed by atoms with E-state index in [4.69, 9.17) is 16.6 Å². The minimum absolute atomic E-state index is 0.0124. The van der Waals surface area contributed by atoms with Crippen LogP contribution in [0.1, 0.15) is 13.3 Å². The maximum atomic E-state index is 10.6. The standard InChI is InChI=1S/C7H15N3O3/c1-2-10-5(7(12)13)3-4(8)6(9)11/h4-5,10H,2-3,8H2,1H3,(H2,9,11)(H,12,13). The number of hydrogen-bond donors (Lipinski definition) is 4. The van der Waals surface area contributed by atoms with E-state index >= 15 is 0 Å². The summed E-state index contributed by atoms with van der Waals surface area (Å²) in [6.45, 7) is 2.27. The van der Waals surface area contributed by atoms with Gasteiger partial charge in [0.25, 0.3) is 0 Å². The first-order valence-electron chi connectivity index (χ1n) is 4.00. The molecule has 0 saturated heterocycles. The molecule has 0 aliphatic heterocycles. The molecule has 0 rings (SSSR count). The predicted octanol–water partition coefficient (Wildman–Crippen LogP) is -1.75. The van der Waals surface area contributed by atoms with Crippen LogP contribution in [0.5, 0.6) is 0 Å². The molecule has 0 radical (unpaired) electrons. The van der Waals surface area contributed by atoms with Crippen molar-refractivity contribution in [1.29, 1.82) is 0 Å². The molecule has 0 aliphatic carbocycles. The third-order valence-corrected chi connectivity index (χ3v) is 1.60. The molecule has 6 N–H and O–H groups in total. The molecule has 0 fully saturated rings. The summed E-state index contributed by atoms with van der Waals surface area (Å²) in [5.74, 6) is -1.72. The van der Waals surface area contributed by atoms with Crippen molar-refractivity contribution in [2.24, 2.45) is 11.5 Å². The number of carbonyl (C=O) groups excluding carboxylic acids is 1. The third kappa shape index (κ3) is 4.44. The fourth-order valence-electron chi connectivity index (χ4n) is 0.888. The van der Waals surface area contributed by atoms with Crippen LogP contribution in [-0.2, 0) is 9.59 Å². The smallest absolute Gasteiger partial charge is 0.320 e. The number of amides is 1. The van der Waals surface area contributed by atoms with Gasteiger partial charge in [0.2, 0.25) is 5.91 Å². The lowest BCUT2D eigenvalue weighted by Gasteiger charge is -2.15. The fourth-order valence-corrected chi connectivity index (χ4v) is 0.888. The van der Waals surface area contributed by atoms with E-state index in [2.05, 4.69) is 5.32 Å². The molecule has 2 unspecified atom stereocenters. The molecule has 1 amide bonds. The van der Waals surface area contributed by atoms with Crippen molar-refractivity contribution in [1.82, 2.24) is 5.32 Å². The number of primary amides is 1. The normalized spacial score (nSPS) is 14.9. The molecular weight excluding hydrogens is 174 g/mol. The van der Waals surface area contributed by atoms with Gasteiger partial charge in [0.1, 0.15) is 6.04 Å². The van der Waals surface area contributed by atoms with Crippen LogP contribution in [0.3, 0.4) is 0 Å². The third-order valence-electron chi connectivity index (χ3n) is 1.60. The van der Waals surface area contributed by atoms with Gasteiger partial charge in [-0.1, -0.05) is 6.92 Å². The van der Waals surface area contributed by atoms with Crippen molar-refractivity contribution >= 4 is 11.9 Å². The highest BCUT2D eigenvalue weighted by Crippen LogP contribution is 1.96. The summed E-state index contributed by atoms with van der Waals surface area (Å²) < 4.78 is 0. The van der Waals surface area contributed by atoms with E-state index in [1.54, 1.807) is 6.92 Å². The molecule has 0 spiro atoms. The van der Waals surface area contributed by atoms with Crippen LogP contribution in [0.2, 0.25) is 0 Å². The SMILES string of the molecule is CCNC(CC(N)C(N)=O)C(=O)O. The second-order valence-corrected chi connectivity index (χ2v) is 2.69. The maximum absolute atomic E-state index is 10.6. The monoisotopic (exact) mass is 189 g/mol. The number of carboxylic acid groups (broad SMARTS) is 1. The average Bonchev–Trinajstić information content (AvgIpc) is 2.03. The molecule has 0 heterocycles. The Morgan fingerprint density at radius 2 is 2.08 bits per heavy atom. The summed E-state index contributed by atoms with van der Waals surface area (Å²) in [6.07, 6.45) is 0.0124. The lowest BCUT2D eigenvalue weighted by Crippen LogP contribution is -2.46. The Balaban J connectivity index is 4.09. The van der Waals surface area contributed by atoms with Crippen LogP contribution in [0.15, 0.2) is 0 Å². The van der Waals surface area contributed by atoms with Gasteiger partial charge in [-0.25, -0.2) is 0 Å². The first kappa shape index (κ1) is 11.9. The summed E-state index contributed by atoms with van der Waals surface area (Å²) in [6, 6.07) is -1.73. The van der Waals surface area contributed by atoms with Crippen molar-refractivity contribution in [3.05, 3.63) is 0 Å². The molecule has 0 aromatic rings. The van der Waals surface area contributed by atoms with E-state index in [0.29, 0.717) is 6.54 Å². The van der Waals surface area contributed by atoms with Crippen LogP contribution in [-0.4, -0.2) is 35.6 Å². The molecule has 0 aliphatic rings. The van der Waals surface area contributed by atoms with E-state index in [9.17, 15) is 9.59 Å². The van der Waals surface area contributed by atoms with E-state index in [1.807, 2.05) is 0 Å². The summed E-state index contributed by atoms with van der Waals surface area (Å²) >= 11 is 0. The number of nitrogens with one attached hydrogen (secondary N) is 1. The Morgan fingerprint density at radius 3 is 2.38 bits per heavy atom. The van der Waals surface area contributed by atoms with Gasteiger partial charge in [-0.2, -0.15) is 0 Å². The van der Waals surface area contributed by atoms with Crippen molar-refractivity contribution in [2.75, 3.05) is 6.54 Å². The number of aliphatic carboxylic acids is 1. The molecule has 0 aromatic carbocycles. The molecule has 2 atom stereocenters. The van der Waals surface area contributed by atoms with Crippen LogP contribution in [0.4, 0.5) is 0 Å². The highest BCUT2D eigenvalue weighted by Gasteiger charge is 2.21. The van der Waals surface area contributed by atoms with Crippen LogP contribution in [0, 0.1) is 0 Å². The summed E-state index contributed by atoms with van der Waals surface area (Å²) in [5, 5.41) is 11.3. The average molecular weight is 189 g/mol. The second kappa shape index (κ2) is 5.50. The van der Waals surface area contributed by atoms with Crippen LogP contribution in [0.25, 0.3) is 0 Å². The Morgan fingerprint density at radius 1 is 1.54 bits per heavy atom. The largest absolute Gasteiger partial charge is 0.480 e. The van der Waals surface area contributed by atoms with Gasteiger partial charge in [0, 0.05) is 0 Å². The zero-order chi connectivity index (χ0) is 10.4. The molecule has 76 valence electrons. The Kier molecular flexibility index (Phi) is 5.01. The zero-order valence-electron chi connectivity index (χ0n) is 7.49. The van der Waals surface area contributed by atoms with Gasteiger partial charge in [-0.05, 0) is 13.0 Å². The van der Waals surface area contributed by atoms with Crippen molar-refractivity contribution in [2.45, 2.75) is 25.4 Å². The van der Waals surface area contributed by atoms with Crippen molar-refractivity contribution < 1.29 is 14.7 Å². The summed E-state index contributed by atoms with van der Waals surface area (Å²) in [5.41, 5.74) is 10.2. The highest BCUT2D eigenvalue weighted by molar-refractivity contribution is 5.81. The number of carboxylic acids is 1. The van der Waals surface area contributed by atoms with Gasteiger partial charge in [-0.15, -0.1) is 0 Å². The molecule has 0 saturated carbocycles. The molecule has 6 nitrogen and oxygen atoms in total. The molecule has 0 aromatic heterocycles. The fraction of sp³-hybridized carbons (Fsp3) is 0.714. The molecule has 0 bridgehead atoms. The number of nitrogens with two attached hydrogens (primary N) is 2. The molecular formula is C7H15N3O3. The number of hydrogen-bond acceptors (Lipinski definition) is 4. The van der Waals surface area contributed by atoms with E-state index in [0.717, 1.165) is 0 Å². The van der Waals surface area contributed by atoms with Gasteiger partial charge < -0.3 is 21.9 Å². The number of rotatable bonds is 6. The van der Waals surface area contributed by atoms with E-state index in [-0.39, 0.29) is 6.42 Å². The first-order chi connectivity index (χ1) is 5.99. The van der Waals surface area contributed by atoms with E-state index in [1.165, 1.54) is 0 Å². The molecule has 13 heavy (non-hydrogen) atoms. The quantitative estimate of drug-likeness (QED) is 0.395. The minimum atomic E-state index is -1.03. The lowest BCUT2D eigenvalue weighted by atomic mass is 10.1. The first-order valence-corrected chi connectivity index (χ1v) is 4.00. The van der Waals surface area contributed by atoms with Gasteiger partial charge in [-0.3, -0.25) is 9.59 Å². The number of carbonyl (C=O) groups is 2. The molecule has 6 heteroatoms. The van der Waals surface area contributed by atoms with E-state index < -0.39 is 24.0 Å². The second-order valence-electron chi connectivity index (χ2n) is 2.69. The topological polar surface area (TPSA) is 118 Å². The van der Waals surface area contributed by atoms with Gasteiger partial charge in [0.15, 0.2) is 0 Å². The van der Waals surface area contributed by atoms with Crippen molar-refractivity contribution in [3.63, 3.8) is 0 Å². The van der Waals surface area contributed by atoms with Crippen LogP contribution >= 0.6 is 0 Å². The summed E-state index contributed by atoms with van der Waals surface area (Å²) in [4.78, 5) is 21.1. The Bertz CT molecular complexity index is 195. The Labute approximate surface area is 76.3 Å². The minimum Gasteiger partial charge on any atom is -0.480 e.